The molecule has 0 aliphatic carbocycles. The fraction of sp³-hybridized carbons (Fsp3) is 0.100. The minimum absolute atomic E-state index is 0.141. The van der Waals surface area contributed by atoms with Crippen LogP contribution in [0.2, 0.25) is 5.02 Å². The van der Waals surface area contributed by atoms with Crippen LogP contribution in [0.5, 0.6) is 0 Å². The first kappa shape index (κ1) is 27.2. The molecule has 1 atom stereocenters. The Morgan fingerprint density at radius 1 is 1.08 bits per heavy atom. The molecule has 8 nitrogen and oxygen atoms in total. The van der Waals surface area contributed by atoms with Crippen LogP contribution < -0.4 is 5.32 Å². The summed E-state index contributed by atoms with van der Waals surface area (Å²) < 4.78 is 1.55. The average Bonchev–Trinajstić information content (AvgIpc) is 3.48. The predicted molar refractivity (Wildman–Crippen MR) is 152 cm³/mol. The Bertz CT molecular complexity index is 1530. The highest BCUT2D eigenvalue weighted by molar-refractivity contribution is 6.30. The van der Waals surface area contributed by atoms with Gasteiger partial charge >= 0.3 is 5.97 Å². The summed E-state index contributed by atoms with van der Waals surface area (Å²) in [5.41, 5.74) is 4.62. The highest BCUT2D eigenvalue weighted by atomic mass is 35.5. The summed E-state index contributed by atoms with van der Waals surface area (Å²) in [5, 5.41) is 24.1. The number of tetrazole rings is 1. The summed E-state index contributed by atoms with van der Waals surface area (Å²) in [4.78, 5) is 24.6. The van der Waals surface area contributed by atoms with Crippen LogP contribution in [0.25, 0.3) is 11.3 Å². The normalized spacial score (nSPS) is 12.3. The average molecular weight is 540 g/mol. The molecule has 0 saturated heterocycles. The summed E-state index contributed by atoms with van der Waals surface area (Å²) >= 11 is 6.31. The van der Waals surface area contributed by atoms with Crippen LogP contribution in [0.4, 0.5) is 5.69 Å². The van der Waals surface area contributed by atoms with E-state index >= 15 is 0 Å². The van der Waals surface area contributed by atoms with Crippen molar-refractivity contribution in [3.8, 4) is 5.69 Å². The molecular weight excluding hydrogens is 514 g/mol. The maximum atomic E-state index is 13.4. The third kappa shape index (κ3) is 6.94. The fourth-order valence-electron chi connectivity index (χ4n) is 4.03. The van der Waals surface area contributed by atoms with E-state index in [4.69, 9.17) is 16.7 Å². The highest BCUT2D eigenvalue weighted by Crippen LogP contribution is 2.28. The Morgan fingerprint density at radius 2 is 1.82 bits per heavy atom. The number of aromatic carboxylic acids is 1. The van der Waals surface area contributed by atoms with Crippen LogP contribution in [0, 0.1) is 5.92 Å². The molecule has 2 N–H and O–H groups in total. The molecule has 4 rings (SSSR count). The molecule has 4 aromatic rings. The van der Waals surface area contributed by atoms with Gasteiger partial charge in [0.15, 0.2) is 0 Å². The second kappa shape index (κ2) is 12.6. The molecule has 0 aliphatic rings. The Balaban J connectivity index is 1.60. The first-order chi connectivity index (χ1) is 18.9. The van der Waals surface area contributed by atoms with E-state index in [-0.39, 0.29) is 11.5 Å². The van der Waals surface area contributed by atoms with Gasteiger partial charge in [-0.15, -0.1) is 5.10 Å². The van der Waals surface area contributed by atoms with E-state index in [2.05, 4.69) is 27.4 Å². The molecule has 0 spiro atoms. The number of benzene rings is 3. The van der Waals surface area contributed by atoms with Crippen molar-refractivity contribution in [1.29, 1.82) is 0 Å². The summed E-state index contributed by atoms with van der Waals surface area (Å²) in [6.07, 6.45) is 7.57. The van der Waals surface area contributed by atoms with Gasteiger partial charge in [0.25, 0.3) is 0 Å². The van der Waals surface area contributed by atoms with E-state index in [9.17, 15) is 9.59 Å². The molecule has 0 aliphatic heterocycles. The first-order valence-electron chi connectivity index (χ1n) is 12.1. The number of carbonyl (C=O) groups is 2. The van der Waals surface area contributed by atoms with Crippen molar-refractivity contribution in [3.63, 3.8) is 0 Å². The topological polar surface area (TPSA) is 110 Å². The lowest BCUT2D eigenvalue weighted by molar-refractivity contribution is -0.118. The van der Waals surface area contributed by atoms with Gasteiger partial charge in [-0.25, -0.2) is 4.79 Å². The lowest BCUT2D eigenvalue weighted by Gasteiger charge is -2.18. The summed E-state index contributed by atoms with van der Waals surface area (Å²) in [6.45, 7) is 6.13. The van der Waals surface area contributed by atoms with Gasteiger partial charge in [0.05, 0.1) is 17.2 Å². The number of aromatic nitrogens is 4. The largest absolute Gasteiger partial charge is 0.478 e. The minimum atomic E-state index is -1.03. The second-order valence-corrected chi connectivity index (χ2v) is 9.12. The van der Waals surface area contributed by atoms with E-state index in [0.29, 0.717) is 22.7 Å². The molecule has 1 heterocycles. The van der Waals surface area contributed by atoms with Crippen molar-refractivity contribution in [2.45, 2.75) is 13.3 Å². The van der Waals surface area contributed by atoms with Gasteiger partial charge in [0.1, 0.15) is 6.33 Å². The van der Waals surface area contributed by atoms with Gasteiger partial charge in [-0.1, -0.05) is 66.7 Å². The summed E-state index contributed by atoms with van der Waals surface area (Å²) in [5.74, 6) is -1.87. The standard InChI is InChI=1S/C30H26ClN5O3/c1-3-22(27-18-24(31)13-16-28(27)36-19-32-34-35-36)10-9-20(2)26(17-21-7-5-4-6-8-21)29(37)33-25-14-11-23(12-15-25)30(38)39/h3-16,18-19,26H,2,17H2,1H3,(H,33,37)(H,38,39)/b10-9-,22-3+/t26-/m1/s1. The zero-order chi connectivity index (χ0) is 27.8. The molecule has 3 aromatic carbocycles. The Hall–Kier alpha value is -4.82. The van der Waals surface area contributed by atoms with E-state index in [1.807, 2.05) is 67.6 Å². The molecular formula is C30H26ClN5O3. The van der Waals surface area contributed by atoms with E-state index in [1.165, 1.54) is 18.5 Å². The molecule has 39 heavy (non-hydrogen) atoms. The van der Waals surface area contributed by atoms with Crippen molar-refractivity contribution < 1.29 is 14.7 Å². The van der Waals surface area contributed by atoms with Gasteiger partial charge in [0, 0.05) is 16.3 Å². The number of anilines is 1. The van der Waals surface area contributed by atoms with Crippen molar-refractivity contribution in [3.05, 3.63) is 131 Å². The van der Waals surface area contributed by atoms with Gasteiger partial charge in [-0.05, 0) is 82.9 Å². The smallest absolute Gasteiger partial charge is 0.335 e. The predicted octanol–water partition coefficient (Wildman–Crippen LogP) is 6.03. The minimum Gasteiger partial charge on any atom is -0.478 e. The molecule has 1 amide bonds. The zero-order valence-corrected chi connectivity index (χ0v) is 21.9. The molecule has 0 unspecified atom stereocenters. The molecule has 0 bridgehead atoms. The van der Waals surface area contributed by atoms with Crippen molar-refractivity contribution >= 4 is 34.7 Å². The number of hydrogen-bond acceptors (Lipinski definition) is 5. The first-order valence-corrected chi connectivity index (χ1v) is 12.5. The maximum absolute atomic E-state index is 13.4. The number of halogens is 1. The van der Waals surface area contributed by atoms with Gasteiger partial charge in [-0.2, -0.15) is 4.68 Å². The maximum Gasteiger partial charge on any atom is 0.335 e. The number of rotatable bonds is 10. The summed E-state index contributed by atoms with van der Waals surface area (Å²) in [7, 11) is 0. The second-order valence-electron chi connectivity index (χ2n) is 8.68. The lowest BCUT2D eigenvalue weighted by Crippen LogP contribution is -2.25. The van der Waals surface area contributed by atoms with Crippen LogP contribution in [-0.4, -0.2) is 37.2 Å². The van der Waals surface area contributed by atoms with Crippen LogP contribution in [0.1, 0.15) is 28.4 Å². The number of amides is 1. The van der Waals surface area contributed by atoms with E-state index in [1.54, 1.807) is 22.9 Å². The van der Waals surface area contributed by atoms with Crippen molar-refractivity contribution in [1.82, 2.24) is 20.2 Å². The molecule has 0 radical (unpaired) electrons. The number of carbonyl (C=O) groups excluding carboxylic acids is 1. The Labute approximate surface area is 231 Å². The SMILES string of the molecule is C=C(/C=C\C(=C/C)c1cc(Cl)ccc1-n1cnnn1)[C@@H](Cc1ccccc1)C(=O)Nc1ccc(C(=O)O)cc1. The zero-order valence-electron chi connectivity index (χ0n) is 21.2. The van der Waals surface area contributed by atoms with E-state index < -0.39 is 11.9 Å². The number of carboxylic acid groups (broad SMARTS) is 1. The third-order valence-corrected chi connectivity index (χ3v) is 6.33. The monoisotopic (exact) mass is 539 g/mol. The number of carboxylic acids is 1. The van der Waals surface area contributed by atoms with Gasteiger partial charge in [-0.3, -0.25) is 4.79 Å². The number of allylic oxidation sites excluding steroid dienone is 4. The fourth-order valence-corrected chi connectivity index (χ4v) is 4.20. The molecule has 0 fully saturated rings. The number of hydrogen-bond donors (Lipinski definition) is 2. The van der Waals surface area contributed by atoms with Crippen LogP contribution in [-0.2, 0) is 11.2 Å². The van der Waals surface area contributed by atoms with Crippen molar-refractivity contribution in [2.75, 3.05) is 5.32 Å². The van der Waals surface area contributed by atoms with Crippen LogP contribution >= 0.6 is 11.6 Å². The lowest BCUT2D eigenvalue weighted by atomic mass is 9.90. The Kier molecular flexibility index (Phi) is 8.81. The highest BCUT2D eigenvalue weighted by Gasteiger charge is 2.22. The summed E-state index contributed by atoms with van der Waals surface area (Å²) in [6, 6.07) is 21.1. The quantitative estimate of drug-likeness (QED) is 0.238. The Morgan fingerprint density at radius 3 is 2.46 bits per heavy atom. The van der Waals surface area contributed by atoms with E-state index in [0.717, 1.165) is 22.4 Å². The molecule has 0 saturated carbocycles. The van der Waals surface area contributed by atoms with Gasteiger partial charge in [0.2, 0.25) is 5.91 Å². The van der Waals surface area contributed by atoms with Gasteiger partial charge < -0.3 is 10.4 Å². The molecule has 9 heteroatoms. The van der Waals surface area contributed by atoms with Crippen LogP contribution in [0.15, 0.2) is 110 Å². The number of nitrogens with one attached hydrogen (secondary N) is 1. The molecule has 1 aromatic heterocycles. The third-order valence-electron chi connectivity index (χ3n) is 6.10. The van der Waals surface area contributed by atoms with Crippen molar-refractivity contribution in [2.24, 2.45) is 5.92 Å². The van der Waals surface area contributed by atoms with Crippen LogP contribution in [0.3, 0.4) is 0 Å². The molecule has 196 valence electrons. The number of nitrogens with zero attached hydrogens (tertiary/aromatic N) is 4.